The molecule has 1 amide bonds. The fraction of sp³-hybridized carbons (Fsp3) is 0.0909. The van der Waals surface area contributed by atoms with Crippen molar-refractivity contribution in [2.75, 3.05) is 16.6 Å². The van der Waals surface area contributed by atoms with Crippen LogP contribution in [0.1, 0.15) is 27.6 Å². The molecule has 0 radical (unpaired) electrons. The lowest BCUT2D eigenvalue weighted by atomic mass is 10.2. The highest BCUT2D eigenvalue weighted by atomic mass is 32.2. The third-order valence-electron chi connectivity index (χ3n) is 4.25. The second-order valence-electron chi connectivity index (χ2n) is 6.51. The van der Waals surface area contributed by atoms with Crippen LogP contribution in [-0.4, -0.2) is 26.9 Å². The van der Waals surface area contributed by atoms with E-state index in [2.05, 4.69) is 10.0 Å². The molecule has 0 heterocycles. The lowest BCUT2D eigenvalue weighted by molar-refractivity contribution is 0.0526. The van der Waals surface area contributed by atoms with E-state index in [1.165, 1.54) is 36.4 Å². The molecule has 0 spiro atoms. The summed E-state index contributed by atoms with van der Waals surface area (Å²) in [4.78, 5) is 23.4. The van der Waals surface area contributed by atoms with Crippen molar-refractivity contribution >= 4 is 33.3 Å². The number of esters is 1. The highest BCUT2D eigenvalue weighted by molar-refractivity contribution is 7.92. The molecule has 0 aromatic heterocycles. The number of rotatable bonds is 7. The van der Waals surface area contributed by atoms with Gasteiger partial charge in [-0.25, -0.2) is 22.0 Å². The molecular weight excluding hydrogens is 442 g/mol. The van der Waals surface area contributed by atoms with E-state index in [1.807, 2.05) is 0 Å². The molecule has 2 N–H and O–H groups in total. The van der Waals surface area contributed by atoms with Crippen molar-refractivity contribution in [2.45, 2.75) is 11.8 Å². The lowest BCUT2D eigenvalue weighted by Gasteiger charge is -2.11. The summed E-state index contributed by atoms with van der Waals surface area (Å²) in [5, 5.41) is 2.31. The molecule has 7 nitrogen and oxygen atoms in total. The van der Waals surface area contributed by atoms with Crippen molar-refractivity contribution < 1.29 is 31.5 Å². The summed E-state index contributed by atoms with van der Waals surface area (Å²) in [7, 11) is -4.14. The Balaban J connectivity index is 1.73. The monoisotopic (exact) mass is 460 g/mol. The Kier molecular flexibility index (Phi) is 6.84. The van der Waals surface area contributed by atoms with Gasteiger partial charge in [0.15, 0.2) is 0 Å². The van der Waals surface area contributed by atoms with Gasteiger partial charge in [0.1, 0.15) is 11.6 Å². The zero-order valence-electron chi connectivity index (χ0n) is 16.8. The van der Waals surface area contributed by atoms with E-state index in [4.69, 9.17) is 4.74 Å². The van der Waals surface area contributed by atoms with Crippen molar-refractivity contribution in [3.05, 3.63) is 89.5 Å². The van der Waals surface area contributed by atoms with Crippen molar-refractivity contribution in [3.63, 3.8) is 0 Å². The van der Waals surface area contributed by atoms with Crippen LogP contribution in [0.4, 0.5) is 20.2 Å². The minimum absolute atomic E-state index is 0.107. The van der Waals surface area contributed by atoms with E-state index in [1.54, 1.807) is 6.92 Å². The Hall–Kier alpha value is -3.79. The first-order chi connectivity index (χ1) is 15.2. The van der Waals surface area contributed by atoms with Crippen molar-refractivity contribution in [1.29, 1.82) is 0 Å². The topological polar surface area (TPSA) is 102 Å². The SMILES string of the molecule is CCOC(=O)c1ccc(NS(=O)(=O)c2ccc(NC(=O)c3ccc(F)cc3)c(F)c2)cc1. The van der Waals surface area contributed by atoms with E-state index in [0.29, 0.717) is 0 Å². The Morgan fingerprint density at radius 1 is 0.906 bits per heavy atom. The molecule has 0 saturated heterocycles. The average molecular weight is 460 g/mol. The number of halogens is 2. The van der Waals surface area contributed by atoms with Crippen molar-refractivity contribution in [3.8, 4) is 0 Å². The maximum absolute atomic E-state index is 14.5. The van der Waals surface area contributed by atoms with Crippen LogP contribution in [0.25, 0.3) is 0 Å². The number of benzene rings is 3. The zero-order valence-corrected chi connectivity index (χ0v) is 17.6. The highest BCUT2D eigenvalue weighted by Gasteiger charge is 2.18. The number of hydrogen-bond donors (Lipinski definition) is 2. The average Bonchev–Trinajstić information content (AvgIpc) is 2.76. The van der Waals surface area contributed by atoms with Gasteiger partial charge in [-0.2, -0.15) is 0 Å². The Morgan fingerprint density at radius 2 is 1.53 bits per heavy atom. The van der Waals surface area contributed by atoms with Gasteiger partial charge in [-0.1, -0.05) is 0 Å². The fourth-order valence-corrected chi connectivity index (χ4v) is 3.73. The summed E-state index contributed by atoms with van der Waals surface area (Å²) >= 11 is 0. The van der Waals surface area contributed by atoms with Crippen molar-refractivity contribution in [1.82, 2.24) is 0 Å². The number of sulfonamides is 1. The van der Waals surface area contributed by atoms with E-state index < -0.39 is 33.5 Å². The zero-order chi connectivity index (χ0) is 23.3. The van der Waals surface area contributed by atoms with Crippen LogP contribution >= 0.6 is 0 Å². The lowest BCUT2D eigenvalue weighted by Crippen LogP contribution is -2.15. The Labute approximate surface area is 183 Å². The second kappa shape index (κ2) is 9.56. The van der Waals surface area contributed by atoms with Gasteiger partial charge < -0.3 is 10.1 Å². The van der Waals surface area contributed by atoms with Gasteiger partial charge in [0.25, 0.3) is 15.9 Å². The first-order valence-corrected chi connectivity index (χ1v) is 10.8. The van der Waals surface area contributed by atoms with Crippen LogP contribution in [0.2, 0.25) is 0 Å². The van der Waals surface area contributed by atoms with Gasteiger partial charge in [0.05, 0.1) is 22.8 Å². The van der Waals surface area contributed by atoms with Crippen LogP contribution in [0.3, 0.4) is 0 Å². The summed E-state index contributed by atoms with van der Waals surface area (Å²) in [5.41, 5.74) is 0.279. The third kappa shape index (κ3) is 5.46. The first-order valence-electron chi connectivity index (χ1n) is 9.36. The minimum atomic E-state index is -4.14. The molecule has 166 valence electrons. The van der Waals surface area contributed by atoms with Gasteiger partial charge in [-0.3, -0.25) is 9.52 Å². The first kappa shape index (κ1) is 22.9. The largest absolute Gasteiger partial charge is 0.462 e. The summed E-state index contributed by atoms with van der Waals surface area (Å²) in [5.74, 6) is -2.71. The molecule has 0 bridgehead atoms. The summed E-state index contributed by atoms with van der Waals surface area (Å²) < 4.78 is 59.7. The molecular formula is C22H18F2N2O5S. The van der Waals surface area contributed by atoms with E-state index in [9.17, 15) is 26.8 Å². The van der Waals surface area contributed by atoms with E-state index in [0.717, 1.165) is 30.3 Å². The third-order valence-corrected chi connectivity index (χ3v) is 5.63. The number of carbonyl (C=O) groups excluding carboxylic acids is 2. The van der Waals surface area contributed by atoms with Crippen LogP contribution < -0.4 is 10.0 Å². The molecule has 3 aromatic rings. The Bertz CT molecular complexity index is 1240. The molecule has 0 atom stereocenters. The number of anilines is 2. The van der Waals surface area contributed by atoms with Crippen LogP contribution in [0.5, 0.6) is 0 Å². The van der Waals surface area contributed by atoms with E-state index >= 15 is 0 Å². The molecule has 0 aliphatic heterocycles. The number of ether oxygens (including phenoxy) is 1. The molecule has 0 saturated carbocycles. The predicted molar refractivity (Wildman–Crippen MR) is 114 cm³/mol. The van der Waals surface area contributed by atoms with Gasteiger partial charge in [0, 0.05) is 11.3 Å². The van der Waals surface area contributed by atoms with Gasteiger partial charge in [-0.05, 0) is 73.7 Å². The van der Waals surface area contributed by atoms with Gasteiger partial charge in [0.2, 0.25) is 0 Å². The maximum Gasteiger partial charge on any atom is 0.338 e. The second-order valence-corrected chi connectivity index (χ2v) is 8.19. The molecule has 3 rings (SSSR count). The highest BCUT2D eigenvalue weighted by Crippen LogP contribution is 2.22. The maximum atomic E-state index is 14.5. The molecule has 0 fully saturated rings. The van der Waals surface area contributed by atoms with Crippen LogP contribution in [-0.2, 0) is 14.8 Å². The van der Waals surface area contributed by atoms with Crippen LogP contribution in [0, 0.1) is 11.6 Å². The predicted octanol–water partition coefficient (Wildman–Crippen LogP) is 4.19. The molecule has 3 aromatic carbocycles. The summed E-state index contributed by atoms with van der Waals surface area (Å²) in [6.07, 6.45) is 0. The molecule has 0 aliphatic rings. The van der Waals surface area contributed by atoms with Crippen molar-refractivity contribution in [2.24, 2.45) is 0 Å². The molecule has 0 aliphatic carbocycles. The smallest absolute Gasteiger partial charge is 0.338 e. The van der Waals surface area contributed by atoms with Gasteiger partial charge >= 0.3 is 5.97 Å². The van der Waals surface area contributed by atoms with Crippen LogP contribution in [0.15, 0.2) is 71.6 Å². The van der Waals surface area contributed by atoms with E-state index in [-0.39, 0.29) is 34.0 Å². The van der Waals surface area contributed by atoms with Gasteiger partial charge in [-0.15, -0.1) is 0 Å². The molecule has 0 unspecified atom stereocenters. The number of hydrogen-bond acceptors (Lipinski definition) is 5. The normalized spacial score (nSPS) is 11.0. The summed E-state index contributed by atoms with van der Waals surface area (Å²) in [6, 6.07) is 13.2. The molecule has 10 heteroatoms. The summed E-state index contributed by atoms with van der Waals surface area (Å²) in [6.45, 7) is 1.87. The molecule has 32 heavy (non-hydrogen) atoms. The fourth-order valence-electron chi connectivity index (χ4n) is 2.66. The minimum Gasteiger partial charge on any atom is -0.462 e. The number of nitrogens with one attached hydrogen (secondary N) is 2. The number of carbonyl (C=O) groups is 2. The quantitative estimate of drug-likeness (QED) is 0.515. The Morgan fingerprint density at radius 3 is 2.12 bits per heavy atom. The number of amides is 1. The standard InChI is InChI=1S/C22H18F2N2O5S/c1-2-31-22(28)15-5-9-17(10-6-15)26-32(29,30)18-11-12-20(19(24)13-18)25-21(27)14-3-7-16(23)8-4-14/h3-13,26H,2H2,1H3,(H,25,27).